The van der Waals surface area contributed by atoms with Gasteiger partial charge in [-0.2, -0.15) is 0 Å². The van der Waals surface area contributed by atoms with Crippen LogP contribution in [0.3, 0.4) is 0 Å². The van der Waals surface area contributed by atoms with Gasteiger partial charge in [-0.15, -0.1) is 0 Å². The van der Waals surface area contributed by atoms with Crippen molar-refractivity contribution in [3.05, 3.63) is 54.3 Å². The number of nitrogens with one attached hydrogen (secondary N) is 1. The fourth-order valence-corrected chi connectivity index (χ4v) is 2.93. The Morgan fingerprint density at radius 1 is 1.32 bits per heavy atom. The minimum atomic E-state index is -0.917. The lowest BCUT2D eigenvalue weighted by Gasteiger charge is -2.32. The van der Waals surface area contributed by atoms with Crippen molar-refractivity contribution in [3.63, 3.8) is 0 Å². The molecule has 3 heterocycles. The third-order valence-electron chi connectivity index (χ3n) is 4.73. The number of guanidine groups is 1. The summed E-state index contributed by atoms with van der Waals surface area (Å²) >= 11 is 0. The Hall–Kier alpha value is -3.82. The largest absolute Gasteiger partial charge is 0.472 e. The molecule has 3 rings (SSSR count). The molecule has 0 saturated carbocycles. The van der Waals surface area contributed by atoms with Gasteiger partial charge in [0.05, 0.1) is 24.5 Å². The van der Waals surface area contributed by atoms with E-state index in [9.17, 15) is 9.59 Å². The van der Waals surface area contributed by atoms with Crippen LogP contribution in [0.15, 0.2) is 47.9 Å². The molecule has 0 saturated heterocycles. The molecule has 31 heavy (non-hydrogen) atoms. The molecule has 1 aliphatic heterocycles. The minimum absolute atomic E-state index is 0.120. The molecule has 0 radical (unpaired) electrons. The van der Waals surface area contributed by atoms with Crippen LogP contribution in [0, 0.1) is 0 Å². The number of rotatable bonds is 7. The van der Waals surface area contributed by atoms with Crippen LogP contribution in [0.5, 0.6) is 5.88 Å². The molecule has 0 bridgehead atoms. The van der Waals surface area contributed by atoms with Crippen molar-refractivity contribution in [1.29, 1.82) is 0 Å². The van der Waals surface area contributed by atoms with Gasteiger partial charge < -0.3 is 15.8 Å². The Kier molecular flexibility index (Phi) is 6.58. The van der Waals surface area contributed by atoms with Crippen molar-refractivity contribution in [1.82, 2.24) is 19.9 Å². The van der Waals surface area contributed by atoms with Crippen molar-refractivity contribution >= 4 is 23.5 Å². The maximum Gasteiger partial charge on any atom is 0.275 e. The van der Waals surface area contributed by atoms with Gasteiger partial charge in [0.25, 0.3) is 5.91 Å². The van der Waals surface area contributed by atoms with Crippen molar-refractivity contribution in [2.45, 2.75) is 32.2 Å². The molecule has 2 amide bonds. The van der Waals surface area contributed by atoms with Crippen LogP contribution in [0.4, 0.5) is 5.69 Å². The first-order chi connectivity index (χ1) is 14.8. The number of aromatic nitrogens is 3. The summed E-state index contributed by atoms with van der Waals surface area (Å²) in [6, 6.07) is 3.30. The number of nitrogens with zero attached hydrogens (tertiary/aromatic N) is 5. The second-order valence-corrected chi connectivity index (χ2v) is 7.19. The quantitative estimate of drug-likeness (QED) is 0.649. The number of hydrogen-bond acceptors (Lipinski definition) is 8. The van der Waals surface area contributed by atoms with Gasteiger partial charge in [0.15, 0.2) is 5.96 Å². The fraction of sp³-hybridized carbons (Fsp3) is 0.333. The molecule has 0 aliphatic carbocycles. The van der Waals surface area contributed by atoms with Crippen LogP contribution in [0.25, 0.3) is 0 Å². The van der Waals surface area contributed by atoms with Crippen LogP contribution < -0.4 is 15.8 Å². The van der Waals surface area contributed by atoms with Crippen LogP contribution in [-0.2, 0) is 10.3 Å². The number of carbonyl (C=O) groups is 2. The van der Waals surface area contributed by atoms with Crippen LogP contribution in [-0.4, -0.2) is 51.3 Å². The van der Waals surface area contributed by atoms with Crippen molar-refractivity contribution < 1.29 is 14.3 Å². The predicted octanol–water partition coefficient (Wildman–Crippen LogP) is 1.86. The lowest BCUT2D eigenvalue weighted by Crippen LogP contribution is -2.47. The number of pyridine rings is 1. The Balaban J connectivity index is 1.70. The molecule has 2 aromatic heterocycles. The summed E-state index contributed by atoms with van der Waals surface area (Å²) in [7, 11) is 1.57. The number of aliphatic imine (C=N–C) groups is 1. The highest BCUT2D eigenvalue weighted by atomic mass is 16.5. The number of amides is 2. The molecule has 10 heteroatoms. The molecule has 0 spiro atoms. The summed E-state index contributed by atoms with van der Waals surface area (Å²) in [5, 5.41) is 2.76. The second kappa shape index (κ2) is 9.33. The van der Waals surface area contributed by atoms with Gasteiger partial charge in [0.1, 0.15) is 17.8 Å². The average molecular weight is 423 g/mol. The zero-order valence-corrected chi connectivity index (χ0v) is 17.7. The highest BCUT2D eigenvalue weighted by Gasteiger charge is 2.37. The van der Waals surface area contributed by atoms with E-state index in [4.69, 9.17) is 10.5 Å². The number of anilines is 1. The van der Waals surface area contributed by atoms with Crippen molar-refractivity contribution in [2.24, 2.45) is 10.7 Å². The molecule has 1 aliphatic rings. The monoisotopic (exact) mass is 423 g/mol. The minimum Gasteiger partial charge on any atom is -0.472 e. The van der Waals surface area contributed by atoms with Crippen LogP contribution >= 0.6 is 0 Å². The molecule has 0 fully saturated rings. The van der Waals surface area contributed by atoms with E-state index >= 15 is 0 Å². The number of ether oxygens (including phenoxy) is 1. The van der Waals surface area contributed by atoms with Crippen LogP contribution in [0.2, 0.25) is 0 Å². The maximum absolute atomic E-state index is 12.5. The third kappa shape index (κ3) is 5.21. The molecule has 3 N–H and O–H groups in total. The lowest BCUT2D eigenvalue weighted by molar-refractivity contribution is -0.128. The normalized spacial score (nSPS) is 18.7. The summed E-state index contributed by atoms with van der Waals surface area (Å²) < 4.78 is 5.43. The summed E-state index contributed by atoms with van der Waals surface area (Å²) in [4.78, 5) is 43.0. The number of allylic oxidation sites excluding steroid dienone is 1. The Labute approximate surface area is 180 Å². The standard InChI is InChI=1S/C21H25N7O3/c1-4-5-6-9-31-17-13-24-15(12-25-17)19(30)26-14-7-8-23-16(10-14)21(2)11-18(29)28(3)20(22)27-21/h5-8,10,12-13H,4,9,11H2,1-3H3,(H2,22,27)(H,23,26,30)/b6-5-. The molecule has 2 aromatic rings. The number of hydrogen-bond donors (Lipinski definition) is 2. The predicted molar refractivity (Wildman–Crippen MR) is 116 cm³/mol. The highest BCUT2D eigenvalue weighted by molar-refractivity contribution is 6.02. The molecular weight excluding hydrogens is 398 g/mol. The molecular formula is C21H25N7O3. The number of nitrogens with two attached hydrogens (primary N) is 1. The summed E-state index contributed by atoms with van der Waals surface area (Å²) in [6.07, 6.45) is 9.20. The zero-order valence-electron chi connectivity index (χ0n) is 17.7. The Morgan fingerprint density at radius 2 is 2.13 bits per heavy atom. The first kappa shape index (κ1) is 21.9. The van der Waals surface area contributed by atoms with E-state index < -0.39 is 11.4 Å². The van der Waals surface area contributed by atoms with E-state index in [2.05, 4.69) is 25.3 Å². The third-order valence-corrected chi connectivity index (χ3v) is 4.73. The van der Waals surface area contributed by atoms with E-state index in [0.717, 1.165) is 6.42 Å². The fourth-order valence-electron chi connectivity index (χ4n) is 2.93. The van der Waals surface area contributed by atoms with Gasteiger partial charge in [-0.25, -0.2) is 15.0 Å². The zero-order chi connectivity index (χ0) is 22.4. The average Bonchev–Trinajstić information content (AvgIpc) is 2.75. The molecule has 10 nitrogen and oxygen atoms in total. The van der Waals surface area contributed by atoms with Crippen molar-refractivity contribution in [2.75, 3.05) is 19.0 Å². The van der Waals surface area contributed by atoms with E-state index in [1.165, 1.54) is 23.5 Å². The lowest BCUT2D eigenvalue weighted by atomic mass is 9.91. The first-order valence-corrected chi connectivity index (χ1v) is 9.82. The molecule has 162 valence electrons. The topological polar surface area (TPSA) is 136 Å². The first-order valence-electron chi connectivity index (χ1n) is 9.82. The Bertz CT molecular complexity index is 1020. The SMILES string of the molecule is CC/C=C\COc1cnc(C(=O)Nc2ccnc(C3(C)CC(=O)N(C)C(N)=N3)c2)cn1. The molecule has 1 unspecified atom stereocenters. The van der Waals surface area contributed by atoms with Gasteiger partial charge in [-0.1, -0.05) is 19.1 Å². The smallest absolute Gasteiger partial charge is 0.275 e. The second-order valence-electron chi connectivity index (χ2n) is 7.19. The van der Waals surface area contributed by atoms with Gasteiger partial charge in [0.2, 0.25) is 11.8 Å². The van der Waals surface area contributed by atoms with Crippen molar-refractivity contribution in [3.8, 4) is 5.88 Å². The van der Waals surface area contributed by atoms with Gasteiger partial charge in [-0.3, -0.25) is 19.5 Å². The van der Waals surface area contributed by atoms with E-state index in [1.54, 1.807) is 26.1 Å². The number of carbonyl (C=O) groups excluding carboxylic acids is 2. The van der Waals surface area contributed by atoms with E-state index in [0.29, 0.717) is 23.9 Å². The molecule has 0 aromatic carbocycles. The van der Waals surface area contributed by atoms with Gasteiger partial charge in [0, 0.05) is 18.9 Å². The maximum atomic E-state index is 12.5. The van der Waals surface area contributed by atoms with Gasteiger partial charge >= 0.3 is 0 Å². The van der Waals surface area contributed by atoms with E-state index in [-0.39, 0.29) is 24.0 Å². The highest BCUT2D eigenvalue weighted by Crippen LogP contribution is 2.32. The van der Waals surface area contributed by atoms with Crippen LogP contribution in [0.1, 0.15) is 42.9 Å². The van der Waals surface area contributed by atoms with Gasteiger partial charge in [-0.05, 0) is 25.5 Å². The summed E-state index contributed by atoms with van der Waals surface area (Å²) in [5.74, 6) is -0.139. The molecule has 1 atom stereocenters. The van der Waals surface area contributed by atoms with E-state index in [1.807, 2.05) is 19.1 Å². The summed E-state index contributed by atoms with van der Waals surface area (Å²) in [6.45, 7) is 4.20. The Morgan fingerprint density at radius 3 is 2.81 bits per heavy atom. The summed E-state index contributed by atoms with van der Waals surface area (Å²) in [5.41, 5.74) is 6.09.